The molecule has 0 radical (unpaired) electrons. The van der Waals surface area contributed by atoms with Gasteiger partial charge in [0.15, 0.2) is 5.69 Å². The predicted molar refractivity (Wildman–Crippen MR) is 100 cm³/mol. The lowest BCUT2D eigenvalue weighted by Gasteiger charge is -2.23. The van der Waals surface area contributed by atoms with Crippen LogP contribution in [0.1, 0.15) is 52.7 Å². The Morgan fingerprint density at radius 1 is 1.23 bits per heavy atom. The average Bonchev–Trinajstić information content (AvgIpc) is 2.94. The summed E-state index contributed by atoms with van der Waals surface area (Å²) in [5.74, 6) is -0.485. The van der Waals surface area contributed by atoms with Gasteiger partial charge in [-0.15, -0.1) is 11.3 Å². The minimum atomic E-state index is -0.600. The Hall–Kier alpha value is -2.41. The minimum absolute atomic E-state index is 0.275. The van der Waals surface area contributed by atoms with Crippen molar-refractivity contribution in [3.05, 3.63) is 51.5 Å². The lowest BCUT2D eigenvalue weighted by atomic mass is 10.1. The van der Waals surface area contributed by atoms with E-state index in [2.05, 4.69) is 10.3 Å². The van der Waals surface area contributed by atoms with Crippen LogP contribution in [0.15, 0.2) is 30.3 Å². The SMILES string of the molecule is COC(=O)c1nc([C@H](Cc2ccccc2)NC(=O)OC(C)(C)C)sc1C. The van der Waals surface area contributed by atoms with Crippen LogP contribution in [-0.2, 0) is 15.9 Å². The molecule has 0 saturated heterocycles. The van der Waals surface area contributed by atoms with E-state index in [1.165, 1.54) is 18.4 Å². The third-order valence-corrected chi connectivity index (χ3v) is 4.55. The molecule has 0 bridgehead atoms. The summed E-state index contributed by atoms with van der Waals surface area (Å²) in [6, 6.07) is 9.36. The van der Waals surface area contributed by atoms with Gasteiger partial charge in [0.25, 0.3) is 0 Å². The second-order valence-corrected chi connectivity index (χ2v) is 8.07. The van der Waals surface area contributed by atoms with Gasteiger partial charge in [-0.25, -0.2) is 14.6 Å². The molecule has 1 aromatic heterocycles. The maximum atomic E-state index is 12.3. The van der Waals surface area contributed by atoms with Crippen LogP contribution in [0.25, 0.3) is 0 Å². The molecule has 0 fully saturated rings. The van der Waals surface area contributed by atoms with Crippen LogP contribution >= 0.6 is 11.3 Å². The van der Waals surface area contributed by atoms with Crippen molar-refractivity contribution in [1.29, 1.82) is 0 Å². The third kappa shape index (κ3) is 5.56. The topological polar surface area (TPSA) is 77.5 Å². The van der Waals surface area contributed by atoms with E-state index in [0.717, 1.165) is 10.4 Å². The number of benzene rings is 1. The minimum Gasteiger partial charge on any atom is -0.464 e. The molecule has 1 N–H and O–H groups in total. The number of nitrogens with one attached hydrogen (secondary N) is 1. The number of aromatic nitrogens is 1. The van der Waals surface area contributed by atoms with E-state index in [1.807, 2.05) is 51.1 Å². The van der Waals surface area contributed by atoms with E-state index >= 15 is 0 Å². The molecule has 140 valence electrons. The predicted octanol–water partition coefficient (Wildman–Crippen LogP) is 4.05. The van der Waals surface area contributed by atoms with Crippen LogP contribution in [-0.4, -0.2) is 29.8 Å². The number of thiazole rings is 1. The maximum Gasteiger partial charge on any atom is 0.408 e. The Kier molecular flexibility index (Phi) is 6.37. The lowest BCUT2D eigenvalue weighted by Crippen LogP contribution is -2.35. The molecular weight excluding hydrogens is 352 g/mol. The summed E-state index contributed by atoms with van der Waals surface area (Å²) in [6.45, 7) is 7.23. The molecule has 0 spiro atoms. The standard InChI is InChI=1S/C19H24N2O4S/c1-12-15(17(22)24-5)21-16(26-12)14(11-13-9-7-6-8-10-13)20-18(23)25-19(2,3)4/h6-10,14H,11H2,1-5H3,(H,20,23)/t14-/m0/s1. The zero-order valence-electron chi connectivity index (χ0n) is 15.7. The number of hydrogen-bond acceptors (Lipinski definition) is 6. The molecule has 0 aliphatic heterocycles. The average molecular weight is 376 g/mol. The first-order chi connectivity index (χ1) is 12.2. The van der Waals surface area contributed by atoms with Crippen LogP contribution in [0.2, 0.25) is 0 Å². The highest BCUT2D eigenvalue weighted by molar-refractivity contribution is 7.12. The fraction of sp³-hybridized carbons (Fsp3) is 0.421. The summed E-state index contributed by atoms with van der Waals surface area (Å²) in [5, 5.41) is 3.51. The maximum absolute atomic E-state index is 12.3. The third-order valence-electron chi connectivity index (χ3n) is 3.46. The van der Waals surface area contributed by atoms with Gasteiger partial charge >= 0.3 is 12.1 Å². The Balaban J connectivity index is 2.28. The first kappa shape index (κ1) is 19.9. The Morgan fingerprint density at radius 3 is 2.46 bits per heavy atom. The molecule has 0 unspecified atom stereocenters. The van der Waals surface area contributed by atoms with Crippen LogP contribution in [0, 0.1) is 6.92 Å². The quantitative estimate of drug-likeness (QED) is 0.797. The second-order valence-electron chi connectivity index (χ2n) is 6.84. The summed E-state index contributed by atoms with van der Waals surface area (Å²) in [6.07, 6.45) is 0.0131. The van der Waals surface area contributed by atoms with Crippen molar-refractivity contribution in [3.63, 3.8) is 0 Å². The summed E-state index contributed by atoms with van der Waals surface area (Å²) in [4.78, 5) is 29.3. The van der Waals surface area contributed by atoms with Crippen LogP contribution in [0.4, 0.5) is 4.79 Å². The van der Waals surface area contributed by atoms with Crippen LogP contribution in [0.3, 0.4) is 0 Å². The van der Waals surface area contributed by atoms with Gasteiger partial charge in [-0.1, -0.05) is 30.3 Å². The van der Waals surface area contributed by atoms with Crippen molar-refractivity contribution >= 4 is 23.4 Å². The molecule has 7 heteroatoms. The second kappa shape index (κ2) is 8.31. The van der Waals surface area contributed by atoms with Crippen molar-refractivity contribution in [2.75, 3.05) is 7.11 Å². The van der Waals surface area contributed by atoms with Gasteiger partial charge in [-0.2, -0.15) is 0 Å². The van der Waals surface area contributed by atoms with Crippen molar-refractivity contribution < 1.29 is 19.1 Å². The van der Waals surface area contributed by atoms with Gasteiger partial charge in [0.05, 0.1) is 13.2 Å². The van der Waals surface area contributed by atoms with Gasteiger partial charge in [-0.05, 0) is 39.7 Å². The molecular formula is C19H24N2O4S. The summed E-state index contributed by atoms with van der Waals surface area (Å²) in [5.41, 5.74) is 0.717. The molecule has 26 heavy (non-hydrogen) atoms. The molecule has 0 saturated carbocycles. The van der Waals surface area contributed by atoms with E-state index in [-0.39, 0.29) is 5.69 Å². The number of ether oxygens (including phenoxy) is 2. The molecule has 2 rings (SSSR count). The zero-order valence-corrected chi connectivity index (χ0v) is 16.5. The number of amides is 1. The van der Waals surface area contributed by atoms with Crippen molar-refractivity contribution in [2.24, 2.45) is 0 Å². The number of rotatable bonds is 5. The smallest absolute Gasteiger partial charge is 0.408 e. The van der Waals surface area contributed by atoms with Gasteiger partial charge in [0.2, 0.25) is 0 Å². The van der Waals surface area contributed by atoms with E-state index < -0.39 is 23.7 Å². The largest absolute Gasteiger partial charge is 0.464 e. The van der Waals surface area contributed by atoms with Gasteiger partial charge in [-0.3, -0.25) is 0 Å². The number of carbonyl (C=O) groups excluding carboxylic acids is 2. The lowest BCUT2D eigenvalue weighted by molar-refractivity contribution is 0.0503. The summed E-state index contributed by atoms with van der Waals surface area (Å²) < 4.78 is 10.1. The number of carbonyl (C=O) groups is 2. The Morgan fingerprint density at radius 2 is 1.88 bits per heavy atom. The van der Waals surface area contributed by atoms with Crippen molar-refractivity contribution in [3.8, 4) is 0 Å². The van der Waals surface area contributed by atoms with Crippen LogP contribution in [0.5, 0.6) is 0 Å². The first-order valence-electron chi connectivity index (χ1n) is 8.28. The molecule has 6 nitrogen and oxygen atoms in total. The molecule has 1 aromatic carbocycles. The Labute approximate surface area is 157 Å². The molecule has 2 aromatic rings. The Bertz CT molecular complexity index is 766. The number of esters is 1. The van der Waals surface area contributed by atoms with Gasteiger partial charge < -0.3 is 14.8 Å². The number of alkyl carbamates (subject to hydrolysis) is 1. The van der Waals surface area contributed by atoms with Crippen LogP contribution < -0.4 is 5.32 Å². The number of methoxy groups -OCH3 is 1. The van der Waals surface area contributed by atoms with E-state index in [0.29, 0.717) is 11.4 Å². The highest BCUT2D eigenvalue weighted by Gasteiger charge is 2.25. The van der Waals surface area contributed by atoms with E-state index in [9.17, 15) is 9.59 Å². The molecule has 1 heterocycles. The molecule has 0 aliphatic carbocycles. The number of aryl methyl sites for hydroxylation is 1. The van der Waals surface area contributed by atoms with Crippen molar-refractivity contribution in [1.82, 2.24) is 10.3 Å². The monoisotopic (exact) mass is 376 g/mol. The highest BCUT2D eigenvalue weighted by atomic mass is 32.1. The van der Waals surface area contributed by atoms with E-state index in [4.69, 9.17) is 9.47 Å². The van der Waals surface area contributed by atoms with Gasteiger partial charge in [0, 0.05) is 4.88 Å². The molecule has 0 aliphatic rings. The van der Waals surface area contributed by atoms with Crippen molar-refractivity contribution in [2.45, 2.75) is 45.8 Å². The summed E-state index contributed by atoms with van der Waals surface area (Å²) in [7, 11) is 1.32. The highest BCUT2D eigenvalue weighted by Crippen LogP contribution is 2.27. The zero-order chi connectivity index (χ0) is 19.3. The fourth-order valence-corrected chi connectivity index (χ4v) is 3.31. The summed E-state index contributed by atoms with van der Waals surface area (Å²) >= 11 is 1.36. The number of hydrogen-bond donors (Lipinski definition) is 1. The first-order valence-corrected chi connectivity index (χ1v) is 9.10. The molecule has 1 amide bonds. The van der Waals surface area contributed by atoms with Gasteiger partial charge in [0.1, 0.15) is 10.6 Å². The number of nitrogens with zero attached hydrogens (tertiary/aromatic N) is 1. The fourth-order valence-electron chi connectivity index (χ4n) is 2.35. The molecule has 1 atom stereocenters. The van der Waals surface area contributed by atoms with E-state index in [1.54, 1.807) is 6.92 Å². The normalized spacial score (nSPS) is 12.3.